The Labute approximate surface area is 149 Å². The average molecular weight is 363 g/mol. The highest BCUT2D eigenvalue weighted by atomic mass is 19.3. The molecule has 138 valence electrons. The minimum atomic E-state index is -2.99. The average Bonchev–Trinajstić information content (AvgIpc) is 2.61. The Hall–Kier alpha value is -2.96. The molecular formula is C19H19F2NO4. The number of amides is 1. The normalized spacial score (nSPS) is 10.5. The lowest BCUT2D eigenvalue weighted by Gasteiger charge is -2.09. The Morgan fingerprint density at radius 2 is 1.88 bits per heavy atom. The first-order chi connectivity index (χ1) is 12.5. The number of nitrogens with one attached hydrogen (secondary N) is 1. The molecule has 0 aliphatic rings. The van der Waals surface area contributed by atoms with Crippen molar-refractivity contribution in [2.45, 2.75) is 20.0 Å². The first kappa shape index (κ1) is 19.4. The number of hydrogen-bond acceptors (Lipinski definition) is 4. The number of rotatable bonds is 8. The van der Waals surface area contributed by atoms with Crippen molar-refractivity contribution < 1.29 is 27.8 Å². The molecule has 7 heteroatoms. The maximum Gasteiger partial charge on any atom is 0.387 e. The molecule has 0 bridgehead atoms. The van der Waals surface area contributed by atoms with Crippen LogP contribution in [0.5, 0.6) is 5.75 Å². The van der Waals surface area contributed by atoms with E-state index in [2.05, 4.69) is 10.1 Å². The number of benzene rings is 2. The van der Waals surface area contributed by atoms with Crippen LogP contribution >= 0.6 is 0 Å². The molecule has 0 unspecified atom stereocenters. The lowest BCUT2D eigenvalue weighted by Crippen LogP contribution is -2.30. The quantitative estimate of drug-likeness (QED) is 0.732. The lowest BCUT2D eigenvalue weighted by atomic mass is 10.1. The van der Waals surface area contributed by atoms with E-state index in [0.29, 0.717) is 13.0 Å². The van der Waals surface area contributed by atoms with Crippen molar-refractivity contribution in [3.05, 3.63) is 65.2 Å². The molecular weight excluding hydrogens is 344 g/mol. The second kappa shape index (κ2) is 9.50. The van der Waals surface area contributed by atoms with Gasteiger partial charge in [-0.3, -0.25) is 4.79 Å². The van der Waals surface area contributed by atoms with Gasteiger partial charge in [0.1, 0.15) is 5.75 Å². The number of esters is 1. The van der Waals surface area contributed by atoms with E-state index < -0.39 is 25.1 Å². The van der Waals surface area contributed by atoms with E-state index in [9.17, 15) is 18.4 Å². The molecule has 0 heterocycles. The van der Waals surface area contributed by atoms with Gasteiger partial charge in [0, 0.05) is 6.54 Å². The number of halogens is 2. The second-order valence-corrected chi connectivity index (χ2v) is 5.51. The van der Waals surface area contributed by atoms with Crippen molar-refractivity contribution in [2.75, 3.05) is 13.2 Å². The molecule has 0 aliphatic heterocycles. The Balaban J connectivity index is 1.76. The van der Waals surface area contributed by atoms with Crippen LogP contribution in [0, 0.1) is 6.92 Å². The molecule has 0 saturated carbocycles. The number of ether oxygens (including phenoxy) is 2. The summed E-state index contributed by atoms with van der Waals surface area (Å²) in [5.74, 6) is -1.39. The smallest absolute Gasteiger partial charge is 0.387 e. The van der Waals surface area contributed by atoms with Gasteiger partial charge in [0.15, 0.2) is 6.61 Å². The van der Waals surface area contributed by atoms with Crippen LogP contribution in [-0.2, 0) is 16.0 Å². The third-order valence-electron chi connectivity index (χ3n) is 3.61. The van der Waals surface area contributed by atoms with Crippen LogP contribution in [0.2, 0.25) is 0 Å². The molecule has 0 radical (unpaired) electrons. The van der Waals surface area contributed by atoms with Crippen molar-refractivity contribution >= 4 is 11.9 Å². The van der Waals surface area contributed by atoms with Crippen LogP contribution in [0.1, 0.15) is 21.5 Å². The van der Waals surface area contributed by atoms with Gasteiger partial charge < -0.3 is 14.8 Å². The van der Waals surface area contributed by atoms with E-state index in [1.165, 1.54) is 18.2 Å². The van der Waals surface area contributed by atoms with Crippen molar-refractivity contribution in [1.82, 2.24) is 5.32 Å². The Bertz CT molecular complexity index is 765. The molecule has 0 fully saturated rings. The van der Waals surface area contributed by atoms with Crippen LogP contribution in [0.4, 0.5) is 8.78 Å². The van der Waals surface area contributed by atoms with E-state index in [1.54, 1.807) is 0 Å². The third-order valence-corrected chi connectivity index (χ3v) is 3.61. The Kier molecular flexibility index (Phi) is 7.08. The standard InChI is InChI=1S/C19H19F2NO4/c1-13-5-2-3-6-14(13)9-10-22-17(23)12-25-18(24)15-7-4-8-16(11-15)26-19(20)21/h2-8,11,19H,9-10,12H2,1H3,(H,22,23). The summed E-state index contributed by atoms with van der Waals surface area (Å²) in [6.07, 6.45) is 0.666. The Morgan fingerprint density at radius 3 is 2.62 bits per heavy atom. The summed E-state index contributed by atoms with van der Waals surface area (Å²) in [5, 5.41) is 2.66. The van der Waals surface area contributed by atoms with E-state index >= 15 is 0 Å². The van der Waals surface area contributed by atoms with Gasteiger partial charge in [-0.25, -0.2) is 4.79 Å². The number of aryl methyl sites for hydroxylation is 1. The number of alkyl halides is 2. The van der Waals surface area contributed by atoms with Crippen LogP contribution < -0.4 is 10.1 Å². The van der Waals surface area contributed by atoms with Gasteiger partial charge >= 0.3 is 12.6 Å². The largest absolute Gasteiger partial charge is 0.452 e. The maximum absolute atomic E-state index is 12.2. The highest BCUT2D eigenvalue weighted by Crippen LogP contribution is 2.16. The molecule has 5 nitrogen and oxygen atoms in total. The van der Waals surface area contributed by atoms with Crippen LogP contribution in [-0.4, -0.2) is 31.6 Å². The summed E-state index contributed by atoms with van der Waals surface area (Å²) >= 11 is 0. The van der Waals surface area contributed by atoms with Crippen molar-refractivity contribution in [1.29, 1.82) is 0 Å². The highest BCUT2D eigenvalue weighted by Gasteiger charge is 2.12. The van der Waals surface area contributed by atoms with Gasteiger partial charge in [-0.15, -0.1) is 0 Å². The SMILES string of the molecule is Cc1ccccc1CCNC(=O)COC(=O)c1cccc(OC(F)F)c1. The van der Waals surface area contributed by atoms with Crippen molar-refractivity contribution in [2.24, 2.45) is 0 Å². The molecule has 0 aromatic heterocycles. The van der Waals surface area contributed by atoms with Gasteiger partial charge in [0.2, 0.25) is 0 Å². The fourth-order valence-corrected chi connectivity index (χ4v) is 2.29. The van der Waals surface area contributed by atoms with E-state index in [-0.39, 0.29) is 11.3 Å². The summed E-state index contributed by atoms with van der Waals surface area (Å²) in [4.78, 5) is 23.6. The van der Waals surface area contributed by atoms with Gasteiger partial charge in [-0.05, 0) is 42.7 Å². The molecule has 2 rings (SSSR count). The summed E-state index contributed by atoms with van der Waals surface area (Å²) in [6.45, 7) is -1.03. The molecule has 2 aromatic carbocycles. The molecule has 0 spiro atoms. The number of carbonyl (C=O) groups excluding carboxylic acids is 2. The molecule has 1 N–H and O–H groups in total. The van der Waals surface area contributed by atoms with Gasteiger partial charge in [-0.2, -0.15) is 8.78 Å². The first-order valence-electron chi connectivity index (χ1n) is 7.99. The summed E-state index contributed by atoms with van der Waals surface area (Å²) < 4.78 is 33.5. The van der Waals surface area contributed by atoms with Crippen molar-refractivity contribution in [3.63, 3.8) is 0 Å². The first-order valence-corrected chi connectivity index (χ1v) is 7.99. The second-order valence-electron chi connectivity index (χ2n) is 5.51. The predicted molar refractivity (Wildman–Crippen MR) is 91.2 cm³/mol. The zero-order chi connectivity index (χ0) is 18.9. The molecule has 26 heavy (non-hydrogen) atoms. The maximum atomic E-state index is 12.2. The molecule has 0 atom stereocenters. The summed E-state index contributed by atoms with van der Waals surface area (Å²) in [7, 11) is 0. The van der Waals surface area contributed by atoms with Gasteiger partial charge in [0.25, 0.3) is 5.91 Å². The van der Waals surface area contributed by atoms with E-state index in [4.69, 9.17) is 4.74 Å². The van der Waals surface area contributed by atoms with E-state index in [1.807, 2.05) is 31.2 Å². The van der Waals surface area contributed by atoms with Gasteiger partial charge in [-0.1, -0.05) is 30.3 Å². The fraction of sp³-hybridized carbons (Fsp3) is 0.263. The zero-order valence-electron chi connectivity index (χ0n) is 14.2. The highest BCUT2D eigenvalue weighted by molar-refractivity contribution is 5.91. The van der Waals surface area contributed by atoms with E-state index in [0.717, 1.165) is 17.2 Å². The lowest BCUT2D eigenvalue weighted by molar-refractivity contribution is -0.124. The van der Waals surface area contributed by atoms with Crippen LogP contribution in [0.15, 0.2) is 48.5 Å². The zero-order valence-corrected chi connectivity index (χ0v) is 14.2. The van der Waals surface area contributed by atoms with Crippen LogP contribution in [0.25, 0.3) is 0 Å². The van der Waals surface area contributed by atoms with Gasteiger partial charge in [0.05, 0.1) is 5.56 Å². The van der Waals surface area contributed by atoms with Crippen LogP contribution in [0.3, 0.4) is 0 Å². The molecule has 0 saturated heterocycles. The monoisotopic (exact) mass is 363 g/mol. The Morgan fingerprint density at radius 1 is 1.12 bits per heavy atom. The summed E-state index contributed by atoms with van der Waals surface area (Å²) in [6, 6.07) is 13.0. The third kappa shape index (κ3) is 6.16. The minimum Gasteiger partial charge on any atom is -0.452 e. The number of hydrogen-bond donors (Lipinski definition) is 1. The topological polar surface area (TPSA) is 64.6 Å². The molecule has 1 amide bonds. The van der Waals surface area contributed by atoms with Crippen molar-refractivity contribution in [3.8, 4) is 5.75 Å². The number of carbonyl (C=O) groups is 2. The molecule has 0 aliphatic carbocycles. The molecule has 2 aromatic rings. The minimum absolute atomic E-state index is 0.0239. The summed E-state index contributed by atoms with van der Waals surface area (Å²) in [5.41, 5.74) is 2.29. The fourth-order valence-electron chi connectivity index (χ4n) is 2.29. The predicted octanol–water partition coefficient (Wildman–Crippen LogP) is 3.11.